The molecule has 5 heteroatoms. The lowest BCUT2D eigenvalue weighted by Crippen LogP contribution is -2.35. The van der Waals surface area contributed by atoms with Crippen LogP contribution < -0.4 is 10.6 Å². The average Bonchev–Trinajstić information content (AvgIpc) is 2.41. The van der Waals surface area contributed by atoms with E-state index in [2.05, 4.69) is 35.8 Å². The molecule has 0 amide bonds. The van der Waals surface area contributed by atoms with Crippen LogP contribution in [0.4, 0.5) is 5.82 Å². The Hall–Kier alpha value is -1.78. The molecular formula is C16H28N4O. The van der Waals surface area contributed by atoms with Crippen molar-refractivity contribution in [2.24, 2.45) is 10.9 Å². The van der Waals surface area contributed by atoms with Crippen LogP contribution in [0.3, 0.4) is 0 Å². The maximum Gasteiger partial charge on any atom is 0.174 e. The molecule has 0 spiro atoms. The number of unbranched alkanes of at least 4 members (excludes halogenated alkanes) is 2. The summed E-state index contributed by atoms with van der Waals surface area (Å²) >= 11 is 0. The molecule has 0 aliphatic rings. The van der Waals surface area contributed by atoms with Crippen LogP contribution in [0.25, 0.3) is 0 Å². The molecule has 5 nitrogen and oxygen atoms in total. The van der Waals surface area contributed by atoms with Crippen molar-refractivity contribution in [3.8, 4) is 0 Å². The van der Waals surface area contributed by atoms with Crippen molar-refractivity contribution in [1.82, 2.24) is 4.98 Å². The standard InChI is InChI=1S/C16H28N4O/c1-6-7-8-9-20(11(2)3)16-14(15(17)19-21)12(4)10-13(5)18-16/h10-11,21H,6-9H2,1-5H3,(H2,17,19). The highest BCUT2D eigenvalue weighted by molar-refractivity contribution is 6.02. The van der Waals surface area contributed by atoms with E-state index in [4.69, 9.17) is 10.9 Å². The molecule has 0 unspecified atom stereocenters. The summed E-state index contributed by atoms with van der Waals surface area (Å²) in [4.78, 5) is 6.90. The van der Waals surface area contributed by atoms with E-state index in [-0.39, 0.29) is 5.84 Å². The monoisotopic (exact) mass is 292 g/mol. The molecule has 0 bridgehead atoms. The van der Waals surface area contributed by atoms with E-state index in [0.29, 0.717) is 6.04 Å². The van der Waals surface area contributed by atoms with E-state index in [0.717, 1.165) is 35.6 Å². The predicted octanol–water partition coefficient (Wildman–Crippen LogP) is 3.20. The largest absolute Gasteiger partial charge is 0.409 e. The number of nitrogens with zero attached hydrogens (tertiary/aromatic N) is 3. The average molecular weight is 292 g/mol. The zero-order valence-electron chi connectivity index (χ0n) is 13.8. The summed E-state index contributed by atoms with van der Waals surface area (Å²) in [6, 6.07) is 2.27. The van der Waals surface area contributed by atoms with Crippen LogP contribution in [0.5, 0.6) is 0 Å². The van der Waals surface area contributed by atoms with Gasteiger partial charge in [-0.05, 0) is 45.7 Å². The van der Waals surface area contributed by atoms with E-state index in [9.17, 15) is 0 Å². The number of aromatic nitrogens is 1. The van der Waals surface area contributed by atoms with Crippen LogP contribution in [-0.2, 0) is 0 Å². The molecule has 0 radical (unpaired) electrons. The van der Waals surface area contributed by atoms with Crippen molar-refractivity contribution in [2.75, 3.05) is 11.4 Å². The van der Waals surface area contributed by atoms with Crippen molar-refractivity contribution >= 4 is 11.7 Å². The second-order valence-corrected chi connectivity index (χ2v) is 5.76. The fourth-order valence-corrected chi connectivity index (χ4v) is 2.53. The van der Waals surface area contributed by atoms with Crippen molar-refractivity contribution in [3.63, 3.8) is 0 Å². The van der Waals surface area contributed by atoms with Gasteiger partial charge in [0.15, 0.2) is 5.84 Å². The van der Waals surface area contributed by atoms with E-state index < -0.39 is 0 Å². The van der Waals surface area contributed by atoms with Crippen molar-refractivity contribution in [3.05, 3.63) is 22.9 Å². The SMILES string of the molecule is CCCCCN(c1nc(C)cc(C)c1C(N)=NO)C(C)C. The molecule has 0 saturated carbocycles. The molecule has 0 aromatic carbocycles. The quantitative estimate of drug-likeness (QED) is 0.266. The zero-order valence-corrected chi connectivity index (χ0v) is 13.8. The van der Waals surface area contributed by atoms with Gasteiger partial charge in [0.1, 0.15) is 5.82 Å². The molecule has 0 aliphatic carbocycles. The highest BCUT2D eigenvalue weighted by Crippen LogP contribution is 2.25. The lowest BCUT2D eigenvalue weighted by Gasteiger charge is -2.30. The van der Waals surface area contributed by atoms with Gasteiger partial charge in [0.25, 0.3) is 0 Å². The Morgan fingerprint density at radius 1 is 1.38 bits per heavy atom. The molecule has 3 N–H and O–H groups in total. The number of rotatable bonds is 7. The van der Waals surface area contributed by atoms with Gasteiger partial charge >= 0.3 is 0 Å². The highest BCUT2D eigenvalue weighted by atomic mass is 16.4. The van der Waals surface area contributed by atoms with Crippen molar-refractivity contribution in [1.29, 1.82) is 0 Å². The highest BCUT2D eigenvalue weighted by Gasteiger charge is 2.20. The van der Waals surface area contributed by atoms with E-state index in [1.807, 2.05) is 19.9 Å². The molecule has 1 rings (SSSR count). The summed E-state index contributed by atoms with van der Waals surface area (Å²) in [5.74, 6) is 0.935. The molecule has 0 fully saturated rings. The van der Waals surface area contributed by atoms with E-state index in [1.165, 1.54) is 12.8 Å². The lowest BCUT2D eigenvalue weighted by atomic mass is 10.1. The van der Waals surface area contributed by atoms with E-state index in [1.54, 1.807) is 0 Å². The van der Waals surface area contributed by atoms with Crippen LogP contribution in [0.1, 0.15) is 56.9 Å². The Balaban J connectivity index is 3.28. The topological polar surface area (TPSA) is 74.7 Å². The van der Waals surface area contributed by atoms with Gasteiger partial charge in [-0.2, -0.15) is 0 Å². The summed E-state index contributed by atoms with van der Waals surface area (Å²) in [5, 5.41) is 12.2. The van der Waals surface area contributed by atoms with Gasteiger partial charge in [-0.15, -0.1) is 0 Å². The third-order valence-corrected chi connectivity index (χ3v) is 3.59. The molecule has 21 heavy (non-hydrogen) atoms. The summed E-state index contributed by atoms with van der Waals surface area (Å²) in [6.07, 6.45) is 3.48. The van der Waals surface area contributed by atoms with Crippen LogP contribution in [0, 0.1) is 13.8 Å². The van der Waals surface area contributed by atoms with Gasteiger partial charge < -0.3 is 15.8 Å². The molecule has 0 atom stereocenters. The number of aryl methyl sites for hydroxylation is 2. The normalized spacial score (nSPS) is 12.0. The van der Waals surface area contributed by atoms with E-state index >= 15 is 0 Å². The van der Waals surface area contributed by atoms with Gasteiger partial charge in [-0.1, -0.05) is 24.9 Å². The molecule has 118 valence electrons. The number of anilines is 1. The first-order valence-corrected chi connectivity index (χ1v) is 7.65. The smallest absolute Gasteiger partial charge is 0.174 e. The first kappa shape index (κ1) is 17.3. The van der Waals surface area contributed by atoms with Crippen molar-refractivity contribution < 1.29 is 5.21 Å². The second kappa shape index (κ2) is 7.86. The number of nitrogens with two attached hydrogens (primary N) is 1. The number of hydrogen-bond donors (Lipinski definition) is 2. The zero-order chi connectivity index (χ0) is 16.0. The summed E-state index contributed by atoms with van der Waals surface area (Å²) < 4.78 is 0. The minimum Gasteiger partial charge on any atom is -0.409 e. The maximum absolute atomic E-state index is 9.06. The Morgan fingerprint density at radius 3 is 2.57 bits per heavy atom. The number of amidine groups is 1. The second-order valence-electron chi connectivity index (χ2n) is 5.76. The number of pyridine rings is 1. The van der Waals surface area contributed by atoms with Crippen LogP contribution in [0.2, 0.25) is 0 Å². The van der Waals surface area contributed by atoms with Gasteiger partial charge in [0.2, 0.25) is 0 Å². The predicted molar refractivity (Wildman–Crippen MR) is 88.2 cm³/mol. The van der Waals surface area contributed by atoms with Gasteiger partial charge in [-0.3, -0.25) is 0 Å². The summed E-state index contributed by atoms with van der Waals surface area (Å²) in [6.45, 7) is 11.3. The molecule has 1 aromatic heterocycles. The van der Waals surface area contributed by atoms with Gasteiger partial charge in [0, 0.05) is 18.3 Å². The summed E-state index contributed by atoms with van der Waals surface area (Å²) in [5.41, 5.74) is 8.53. The lowest BCUT2D eigenvalue weighted by molar-refractivity contribution is 0.318. The molecular weight excluding hydrogens is 264 g/mol. The number of hydrogen-bond acceptors (Lipinski definition) is 4. The Bertz CT molecular complexity index is 497. The Morgan fingerprint density at radius 2 is 2.05 bits per heavy atom. The van der Waals surface area contributed by atoms with Gasteiger partial charge in [-0.25, -0.2) is 4.98 Å². The molecule has 0 saturated heterocycles. The summed E-state index contributed by atoms with van der Waals surface area (Å²) in [7, 11) is 0. The fraction of sp³-hybridized carbons (Fsp3) is 0.625. The first-order chi connectivity index (χ1) is 9.92. The molecule has 0 aliphatic heterocycles. The minimum absolute atomic E-state index is 0.121. The van der Waals surface area contributed by atoms with Crippen LogP contribution in [0.15, 0.2) is 11.2 Å². The van der Waals surface area contributed by atoms with Crippen molar-refractivity contribution in [2.45, 2.75) is 59.9 Å². The third-order valence-electron chi connectivity index (χ3n) is 3.59. The molecule has 1 aromatic rings. The third kappa shape index (κ3) is 4.34. The van der Waals surface area contributed by atoms with Crippen LogP contribution >= 0.6 is 0 Å². The maximum atomic E-state index is 9.06. The van der Waals surface area contributed by atoms with Crippen LogP contribution in [-0.4, -0.2) is 28.6 Å². The Labute approximate surface area is 127 Å². The molecule has 1 heterocycles. The fourth-order valence-electron chi connectivity index (χ4n) is 2.53. The Kier molecular flexibility index (Phi) is 6.46. The number of oxime groups is 1. The van der Waals surface area contributed by atoms with Gasteiger partial charge in [0.05, 0.1) is 5.56 Å². The minimum atomic E-state index is 0.121. The first-order valence-electron chi connectivity index (χ1n) is 7.65.